The Morgan fingerprint density at radius 3 is 2.14 bits per heavy atom. The third kappa shape index (κ3) is 5.87. The van der Waals surface area contributed by atoms with Crippen molar-refractivity contribution in [1.82, 2.24) is 0 Å². The van der Waals surface area contributed by atoms with Gasteiger partial charge in [-0.3, -0.25) is 4.18 Å². The minimum absolute atomic E-state index is 0.0961. The van der Waals surface area contributed by atoms with E-state index in [4.69, 9.17) is 0 Å². The van der Waals surface area contributed by atoms with Crippen LogP contribution < -0.4 is 5.14 Å². The molecule has 0 fully saturated rings. The predicted molar refractivity (Wildman–Crippen MR) is 24.7 cm³/mol. The van der Waals surface area contributed by atoms with Crippen molar-refractivity contribution in [2.45, 2.75) is 6.92 Å². The summed E-state index contributed by atoms with van der Waals surface area (Å²) < 4.78 is 23.6. The lowest BCUT2D eigenvalue weighted by Crippen LogP contribution is -2.15. The normalized spacial score (nSPS) is 11.7. The first-order chi connectivity index (χ1) is 3.06. The molecular weight excluding hydrogens is 118 g/mol. The van der Waals surface area contributed by atoms with Gasteiger partial charge in [-0.25, -0.2) is 5.14 Å². The van der Waals surface area contributed by atoms with Gasteiger partial charge < -0.3 is 0 Å². The Balaban J connectivity index is 3.60. The van der Waals surface area contributed by atoms with Gasteiger partial charge in [-0.1, -0.05) is 0 Å². The van der Waals surface area contributed by atoms with Crippen LogP contribution in [-0.2, 0) is 14.5 Å². The van der Waals surface area contributed by atoms with Crippen LogP contribution in [0.3, 0.4) is 0 Å². The van der Waals surface area contributed by atoms with Crippen molar-refractivity contribution in [3.63, 3.8) is 0 Å². The van der Waals surface area contributed by atoms with Gasteiger partial charge in [0.1, 0.15) is 0 Å². The first-order valence-corrected chi connectivity index (χ1v) is 3.20. The number of hydrogen-bond acceptors (Lipinski definition) is 3. The molecule has 0 aromatic heterocycles. The van der Waals surface area contributed by atoms with Crippen LogP contribution >= 0.6 is 0 Å². The summed E-state index contributed by atoms with van der Waals surface area (Å²) in [5.74, 6) is 0. The third-order valence-electron chi connectivity index (χ3n) is 0.282. The Hall–Kier alpha value is -0.130. The Labute approximate surface area is 42.5 Å². The van der Waals surface area contributed by atoms with Gasteiger partial charge in [0, 0.05) is 0 Å². The van der Waals surface area contributed by atoms with Gasteiger partial charge in [0.15, 0.2) is 0 Å². The maximum atomic E-state index is 9.79. The zero-order valence-corrected chi connectivity index (χ0v) is 4.73. The quantitative estimate of drug-likeness (QED) is 0.526. The van der Waals surface area contributed by atoms with Gasteiger partial charge in [0.2, 0.25) is 0 Å². The topological polar surface area (TPSA) is 69.4 Å². The number of rotatable bonds is 2. The highest BCUT2D eigenvalue weighted by Crippen LogP contribution is 1.76. The van der Waals surface area contributed by atoms with Crippen LogP contribution in [0.4, 0.5) is 0 Å². The molecule has 0 atom stereocenters. The molecule has 0 aromatic carbocycles. The molecule has 0 radical (unpaired) electrons. The molecule has 0 aliphatic rings. The van der Waals surface area contributed by atoms with E-state index in [2.05, 4.69) is 9.32 Å². The molecule has 0 aliphatic heterocycles. The van der Waals surface area contributed by atoms with Crippen LogP contribution in [0.25, 0.3) is 0 Å². The van der Waals surface area contributed by atoms with Crippen LogP contribution in [0, 0.1) is 0 Å². The Morgan fingerprint density at radius 1 is 1.71 bits per heavy atom. The second-order valence-corrected chi connectivity index (χ2v) is 2.12. The van der Waals surface area contributed by atoms with Gasteiger partial charge >= 0.3 is 10.3 Å². The van der Waals surface area contributed by atoms with Gasteiger partial charge in [-0.15, -0.1) is 0 Å². The summed E-state index contributed by atoms with van der Waals surface area (Å²) >= 11 is 0. The summed E-state index contributed by atoms with van der Waals surface area (Å²) in [6.07, 6.45) is 0. The summed E-state index contributed by atoms with van der Waals surface area (Å²) in [5.41, 5.74) is 0. The van der Waals surface area contributed by atoms with Gasteiger partial charge in [-0.2, -0.15) is 8.42 Å². The van der Waals surface area contributed by atoms with E-state index in [-0.39, 0.29) is 6.61 Å². The van der Waals surface area contributed by atoms with Crippen LogP contribution in [0.15, 0.2) is 0 Å². The smallest absolute Gasteiger partial charge is 0.259 e. The standard InChI is InChI=1S/C2H7NO3S/c1-2-6-7(3,4)5/h2H2,1H3,(H2,3,4,5). The van der Waals surface area contributed by atoms with E-state index in [0.29, 0.717) is 0 Å². The molecule has 0 saturated heterocycles. The minimum atomic E-state index is -3.67. The first-order valence-electron chi connectivity index (χ1n) is 1.73. The van der Waals surface area contributed by atoms with Crippen molar-refractivity contribution < 1.29 is 12.6 Å². The summed E-state index contributed by atoms with van der Waals surface area (Å²) in [6.45, 7) is 1.64. The van der Waals surface area contributed by atoms with Crippen molar-refractivity contribution in [2.75, 3.05) is 6.61 Å². The molecule has 2 N–H and O–H groups in total. The van der Waals surface area contributed by atoms with Crippen LogP contribution in [0.2, 0.25) is 0 Å². The fourth-order valence-electron chi connectivity index (χ4n) is 0.164. The van der Waals surface area contributed by atoms with Crippen molar-refractivity contribution in [3.05, 3.63) is 0 Å². The lowest BCUT2D eigenvalue weighted by atomic mass is 10.9. The Morgan fingerprint density at radius 2 is 2.14 bits per heavy atom. The summed E-state index contributed by atoms with van der Waals surface area (Å²) in [6, 6.07) is 0. The van der Waals surface area contributed by atoms with E-state index in [1.54, 1.807) is 6.92 Å². The van der Waals surface area contributed by atoms with Gasteiger partial charge in [-0.05, 0) is 6.92 Å². The molecule has 0 unspecified atom stereocenters. The molecule has 0 amide bonds. The zero-order valence-electron chi connectivity index (χ0n) is 3.92. The Kier molecular flexibility index (Phi) is 2.21. The molecule has 5 heteroatoms. The van der Waals surface area contributed by atoms with Crippen LogP contribution in [0.1, 0.15) is 6.92 Å². The molecule has 0 aliphatic carbocycles. The minimum Gasteiger partial charge on any atom is -0.259 e. The molecule has 44 valence electrons. The lowest BCUT2D eigenvalue weighted by Gasteiger charge is -1.90. The zero-order chi connectivity index (χ0) is 5.91. The molecule has 0 heterocycles. The predicted octanol–water partition coefficient (Wildman–Crippen LogP) is -0.774. The van der Waals surface area contributed by atoms with Crippen molar-refractivity contribution in [3.8, 4) is 0 Å². The van der Waals surface area contributed by atoms with Gasteiger partial charge in [0.25, 0.3) is 0 Å². The van der Waals surface area contributed by atoms with Crippen LogP contribution in [-0.4, -0.2) is 15.0 Å². The highest BCUT2D eigenvalue weighted by molar-refractivity contribution is 7.84. The molecule has 0 aromatic rings. The average Bonchev–Trinajstić information content (AvgIpc) is 1.30. The molecule has 0 bridgehead atoms. The van der Waals surface area contributed by atoms with E-state index >= 15 is 0 Å². The molecular formula is C2H7NO3S. The van der Waals surface area contributed by atoms with E-state index in [9.17, 15) is 8.42 Å². The Bertz CT molecular complexity index is 126. The van der Waals surface area contributed by atoms with Gasteiger partial charge in [0.05, 0.1) is 6.61 Å². The fraction of sp³-hybridized carbons (Fsp3) is 1.00. The summed E-state index contributed by atoms with van der Waals surface area (Å²) in [4.78, 5) is 0. The largest absolute Gasteiger partial charge is 0.333 e. The monoisotopic (exact) mass is 125 g/mol. The lowest BCUT2D eigenvalue weighted by molar-refractivity contribution is 0.339. The van der Waals surface area contributed by atoms with E-state index in [0.717, 1.165) is 0 Å². The summed E-state index contributed by atoms with van der Waals surface area (Å²) in [7, 11) is -3.67. The van der Waals surface area contributed by atoms with E-state index in [1.807, 2.05) is 0 Å². The second-order valence-electron chi connectivity index (χ2n) is 0.899. The fourth-order valence-corrected chi connectivity index (χ4v) is 0.493. The van der Waals surface area contributed by atoms with Crippen molar-refractivity contribution in [2.24, 2.45) is 5.14 Å². The molecule has 4 nitrogen and oxygen atoms in total. The highest BCUT2D eigenvalue weighted by atomic mass is 32.2. The van der Waals surface area contributed by atoms with Crippen molar-refractivity contribution >= 4 is 10.3 Å². The maximum Gasteiger partial charge on any atom is 0.333 e. The average molecular weight is 125 g/mol. The van der Waals surface area contributed by atoms with Crippen molar-refractivity contribution in [1.29, 1.82) is 0 Å². The number of nitrogens with two attached hydrogens (primary N) is 1. The van der Waals surface area contributed by atoms with E-state index in [1.165, 1.54) is 0 Å². The summed E-state index contributed by atoms with van der Waals surface area (Å²) in [5, 5.41) is 4.40. The molecule has 7 heavy (non-hydrogen) atoms. The SMILES string of the molecule is CCOS(N)(=O)=O. The molecule has 0 rings (SSSR count). The molecule has 0 spiro atoms. The van der Waals surface area contributed by atoms with Crippen LogP contribution in [0.5, 0.6) is 0 Å². The highest BCUT2D eigenvalue weighted by Gasteiger charge is 1.95. The second kappa shape index (κ2) is 2.25. The molecule has 0 saturated carbocycles. The van der Waals surface area contributed by atoms with E-state index < -0.39 is 10.3 Å². The third-order valence-corrected chi connectivity index (χ3v) is 0.846. The number of hydrogen-bond donors (Lipinski definition) is 1. The maximum absolute atomic E-state index is 9.79. The first kappa shape index (κ1) is 6.87.